The van der Waals surface area contributed by atoms with Gasteiger partial charge in [0.15, 0.2) is 0 Å². The summed E-state index contributed by atoms with van der Waals surface area (Å²) in [4.78, 5) is 11.6. The van der Waals surface area contributed by atoms with Crippen LogP contribution in [0.5, 0.6) is 0 Å². The highest BCUT2D eigenvalue weighted by Gasteiger charge is 2.48. The van der Waals surface area contributed by atoms with Crippen molar-refractivity contribution in [1.82, 2.24) is 10.6 Å². The Balaban J connectivity index is 1.65. The smallest absolute Gasteiger partial charge is 0.407 e. The molecule has 3 N–H and O–H groups in total. The van der Waals surface area contributed by atoms with Gasteiger partial charge in [-0.05, 0) is 40.0 Å². The van der Waals surface area contributed by atoms with Crippen LogP contribution in [0.4, 0.5) is 4.79 Å². The van der Waals surface area contributed by atoms with Crippen LogP contribution in [0, 0.1) is 5.41 Å². The molecule has 20 heavy (non-hydrogen) atoms. The first-order valence-corrected chi connectivity index (χ1v) is 7.51. The van der Waals surface area contributed by atoms with Crippen molar-refractivity contribution in [2.45, 2.75) is 83.7 Å². The maximum absolute atomic E-state index is 11.6. The molecule has 0 radical (unpaired) electrons. The van der Waals surface area contributed by atoms with Gasteiger partial charge in [0.25, 0.3) is 0 Å². The van der Waals surface area contributed by atoms with Gasteiger partial charge in [-0.3, -0.25) is 0 Å². The fourth-order valence-corrected chi connectivity index (χ4v) is 2.82. The first-order valence-electron chi connectivity index (χ1n) is 7.51. The van der Waals surface area contributed by atoms with Gasteiger partial charge in [-0.25, -0.2) is 4.79 Å². The van der Waals surface area contributed by atoms with Crippen molar-refractivity contribution >= 4 is 6.09 Å². The van der Waals surface area contributed by atoms with E-state index in [1.165, 1.54) is 0 Å². The number of aliphatic hydroxyl groups excluding tert-OH is 1. The molecule has 2 aliphatic rings. The molecule has 5 nitrogen and oxygen atoms in total. The third-order valence-corrected chi connectivity index (χ3v) is 4.51. The summed E-state index contributed by atoms with van der Waals surface area (Å²) in [6.45, 7) is 9.77. The van der Waals surface area contributed by atoms with Gasteiger partial charge in [-0.1, -0.05) is 13.8 Å². The van der Waals surface area contributed by atoms with Crippen molar-refractivity contribution in [2.75, 3.05) is 0 Å². The molecule has 116 valence electrons. The molecule has 1 amide bonds. The monoisotopic (exact) mass is 284 g/mol. The summed E-state index contributed by atoms with van der Waals surface area (Å²) in [5.74, 6) is 0. The zero-order valence-electron chi connectivity index (χ0n) is 13.2. The average Bonchev–Trinajstić information content (AvgIpc) is 2.22. The van der Waals surface area contributed by atoms with Crippen molar-refractivity contribution in [3.05, 3.63) is 0 Å². The highest BCUT2D eigenvalue weighted by Crippen LogP contribution is 2.41. The number of carbonyl (C=O) groups excluding carboxylic acids is 1. The van der Waals surface area contributed by atoms with Crippen molar-refractivity contribution in [1.29, 1.82) is 0 Å². The Labute approximate surface area is 121 Å². The second kappa shape index (κ2) is 5.19. The predicted octanol–water partition coefficient (Wildman–Crippen LogP) is 1.79. The van der Waals surface area contributed by atoms with Crippen LogP contribution in [0.1, 0.15) is 53.9 Å². The minimum absolute atomic E-state index is 0.0380. The fourth-order valence-electron chi connectivity index (χ4n) is 2.82. The lowest BCUT2D eigenvalue weighted by atomic mass is 9.64. The number of aliphatic hydroxyl groups is 1. The van der Waals surface area contributed by atoms with Gasteiger partial charge in [-0.2, -0.15) is 0 Å². The van der Waals surface area contributed by atoms with Crippen LogP contribution in [-0.4, -0.2) is 41.0 Å². The zero-order valence-corrected chi connectivity index (χ0v) is 13.2. The molecule has 2 rings (SSSR count). The van der Waals surface area contributed by atoms with E-state index in [1.807, 2.05) is 20.8 Å². The standard InChI is InChI=1S/C15H28N2O3/c1-14(2,3)20-13(19)17-10-6-9(7-10)16-11-8-12(18)15(11,4)5/h9-12,16,18H,6-8H2,1-5H3,(H,17,19). The first-order chi connectivity index (χ1) is 9.08. The van der Waals surface area contributed by atoms with Gasteiger partial charge in [0.05, 0.1) is 6.10 Å². The second-order valence-corrected chi connectivity index (χ2v) is 7.80. The van der Waals surface area contributed by atoms with Gasteiger partial charge in [0.1, 0.15) is 5.60 Å². The van der Waals surface area contributed by atoms with Crippen molar-refractivity contribution in [3.63, 3.8) is 0 Å². The number of hydrogen-bond donors (Lipinski definition) is 3. The van der Waals surface area contributed by atoms with Crippen molar-refractivity contribution < 1.29 is 14.6 Å². The molecule has 2 fully saturated rings. The lowest BCUT2D eigenvalue weighted by Crippen LogP contribution is -2.65. The minimum atomic E-state index is -0.447. The second-order valence-electron chi connectivity index (χ2n) is 7.80. The molecule has 0 saturated heterocycles. The number of rotatable bonds is 3. The van der Waals surface area contributed by atoms with E-state index in [2.05, 4.69) is 24.5 Å². The van der Waals surface area contributed by atoms with Gasteiger partial charge < -0.3 is 20.5 Å². The lowest BCUT2D eigenvalue weighted by molar-refractivity contribution is -0.0796. The molecule has 0 aliphatic heterocycles. The Hall–Kier alpha value is -0.810. The Morgan fingerprint density at radius 1 is 1.20 bits per heavy atom. The highest BCUT2D eigenvalue weighted by atomic mass is 16.6. The Morgan fingerprint density at radius 2 is 1.80 bits per heavy atom. The highest BCUT2D eigenvalue weighted by molar-refractivity contribution is 5.68. The summed E-state index contributed by atoms with van der Waals surface area (Å²) in [6.07, 6.45) is 2.16. The largest absolute Gasteiger partial charge is 0.444 e. The quantitative estimate of drug-likeness (QED) is 0.739. The predicted molar refractivity (Wildman–Crippen MR) is 77.5 cm³/mol. The molecule has 2 aliphatic carbocycles. The van der Waals surface area contributed by atoms with E-state index in [4.69, 9.17) is 4.74 Å². The maximum atomic E-state index is 11.6. The summed E-state index contributed by atoms with van der Waals surface area (Å²) < 4.78 is 5.24. The minimum Gasteiger partial charge on any atom is -0.444 e. The molecule has 2 atom stereocenters. The molecule has 0 heterocycles. The number of alkyl carbamates (subject to hydrolysis) is 1. The molecule has 0 aromatic rings. The van der Waals surface area contributed by atoms with Crippen LogP contribution in [-0.2, 0) is 4.74 Å². The van der Waals surface area contributed by atoms with E-state index in [-0.39, 0.29) is 23.7 Å². The van der Waals surface area contributed by atoms with E-state index in [1.54, 1.807) is 0 Å². The van der Waals surface area contributed by atoms with Crippen LogP contribution >= 0.6 is 0 Å². The van der Waals surface area contributed by atoms with Crippen molar-refractivity contribution in [2.24, 2.45) is 5.41 Å². The van der Waals surface area contributed by atoms with Crippen LogP contribution in [0.15, 0.2) is 0 Å². The van der Waals surface area contributed by atoms with E-state index < -0.39 is 5.60 Å². The van der Waals surface area contributed by atoms with E-state index in [0.717, 1.165) is 19.3 Å². The van der Waals surface area contributed by atoms with Crippen LogP contribution in [0.2, 0.25) is 0 Å². The summed E-state index contributed by atoms with van der Waals surface area (Å²) >= 11 is 0. The Kier molecular flexibility index (Phi) is 4.04. The lowest BCUT2D eigenvalue weighted by Gasteiger charge is -2.52. The SMILES string of the molecule is CC(C)(C)OC(=O)NC1CC(NC2CC(O)C2(C)C)C1. The fraction of sp³-hybridized carbons (Fsp3) is 0.933. The summed E-state index contributed by atoms with van der Waals surface area (Å²) in [5, 5.41) is 16.2. The number of carbonyl (C=O) groups is 1. The molecular weight excluding hydrogens is 256 g/mol. The number of nitrogens with one attached hydrogen (secondary N) is 2. The first kappa shape index (κ1) is 15.6. The molecular formula is C15H28N2O3. The Morgan fingerprint density at radius 3 is 2.25 bits per heavy atom. The molecule has 0 aromatic heterocycles. The molecule has 0 spiro atoms. The van der Waals surface area contributed by atoms with E-state index in [0.29, 0.717) is 12.1 Å². The Bertz CT molecular complexity index is 370. The topological polar surface area (TPSA) is 70.6 Å². The molecule has 5 heteroatoms. The average molecular weight is 284 g/mol. The normalized spacial score (nSPS) is 35.7. The van der Waals surface area contributed by atoms with Crippen molar-refractivity contribution in [3.8, 4) is 0 Å². The zero-order chi connectivity index (χ0) is 15.1. The van der Waals surface area contributed by atoms with E-state index in [9.17, 15) is 9.90 Å². The van der Waals surface area contributed by atoms with Gasteiger partial charge in [0, 0.05) is 23.5 Å². The molecule has 2 unspecified atom stereocenters. The summed E-state index contributed by atoms with van der Waals surface area (Å²) in [6, 6.07) is 1.02. The van der Waals surface area contributed by atoms with Crippen LogP contribution < -0.4 is 10.6 Å². The molecule has 0 bridgehead atoms. The number of ether oxygens (including phenoxy) is 1. The van der Waals surface area contributed by atoms with Gasteiger partial charge in [-0.15, -0.1) is 0 Å². The van der Waals surface area contributed by atoms with Crippen LogP contribution in [0.3, 0.4) is 0 Å². The molecule has 0 aromatic carbocycles. The van der Waals surface area contributed by atoms with Crippen LogP contribution in [0.25, 0.3) is 0 Å². The number of hydrogen-bond acceptors (Lipinski definition) is 4. The summed E-state index contributed by atoms with van der Waals surface area (Å²) in [5.41, 5.74) is -0.485. The van der Waals surface area contributed by atoms with Gasteiger partial charge in [0.2, 0.25) is 0 Å². The molecule has 2 saturated carbocycles. The third kappa shape index (κ3) is 3.44. The third-order valence-electron chi connectivity index (χ3n) is 4.51. The van der Waals surface area contributed by atoms with E-state index >= 15 is 0 Å². The summed E-state index contributed by atoms with van der Waals surface area (Å²) in [7, 11) is 0. The van der Waals surface area contributed by atoms with Gasteiger partial charge >= 0.3 is 6.09 Å². The number of amides is 1. The maximum Gasteiger partial charge on any atom is 0.407 e.